The molecule has 0 spiro atoms. The molecule has 1 aromatic heterocycles. The third-order valence-corrected chi connectivity index (χ3v) is 6.77. The second kappa shape index (κ2) is 9.45. The number of nitrogens with one attached hydrogen (secondary N) is 2. The summed E-state index contributed by atoms with van der Waals surface area (Å²) < 4.78 is 5.98. The molecule has 0 unspecified atom stereocenters. The number of rotatable bonds is 6. The summed E-state index contributed by atoms with van der Waals surface area (Å²) in [5, 5.41) is 15.8. The van der Waals surface area contributed by atoms with Gasteiger partial charge in [-0.1, -0.05) is 49.1 Å². The van der Waals surface area contributed by atoms with Crippen molar-refractivity contribution in [3.05, 3.63) is 34.2 Å². The molecular weight excluding hydrogens is 426 g/mol. The Hall–Kier alpha value is -2.63. The van der Waals surface area contributed by atoms with Crippen molar-refractivity contribution >= 4 is 50.8 Å². The van der Waals surface area contributed by atoms with E-state index in [4.69, 9.17) is 16.3 Å². The Balaban J connectivity index is 1.52. The van der Waals surface area contributed by atoms with E-state index in [9.17, 15) is 19.6 Å². The van der Waals surface area contributed by atoms with E-state index in [-0.39, 0.29) is 0 Å². The van der Waals surface area contributed by atoms with Gasteiger partial charge in [0.1, 0.15) is 17.0 Å². The highest BCUT2D eigenvalue weighted by Crippen LogP contribution is 2.35. The van der Waals surface area contributed by atoms with Crippen LogP contribution in [0, 0.1) is 11.3 Å². The number of esters is 1. The lowest BCUT2D eigenvalue weighted by atomic mass is 9.83. The average molecular weight is 448 g/mol. The smallest absolute Gasteiger partial charge is 0.326 e. The monoisotopic (exact) mass is 447 g/mol. The predicted octanol–water partition coefficient (Wildman–Crippen LogP) is 3.56. The number of fused-ring (bicyclic) bond motifs is 1. The van der Waals surface area contributed by atoms with Crippen LogP contribution in [0.2, 0.25) is 5.02 Å². The zero-order valence-corrected chi connectivity index (χ0v) is 18.1. The molecule has 0 saturated heterocycles. The molecule has 0 aliphatic heterocycles. The number of ether oxygens (including phenoxy) is 1. The number of nitrogens with zero attached hydrogens (tertiary/aromatic N) is 1. The van der Waals surface area contributed by atoms with Gasteiger partial charge in [0.05, 0.1) is 11.1 Å². The third-order valence-electron chi connectivity index (χ3n) is 5.10. The van der Waals surface area contributed by atoms with Crippen molar-refractivity contribution in [2.75, 3.05) is 6.54 Å². The van der Waals surface area contributed by atoms with Crippen molar-refractivity contribution in [3.8, 4) is 6.07 Å². The van der Waals surface area contributed by atoms with Crippen molar-refractivity contribution in [2.45, 2.75) is 50.7 Å². The zero-order chi connectivity index (χ0) is 21.7. The molecular formula is C21H22ClN3O4S. The van der Waals surface area contributed by atoms with Crippen LogP contribution in [0.25, 0.3) is 10.1 Å². The van der Waals surface area contributed by atoms with Gasteiger partial charge in [-0.15, -0.1) is 11.3 Å². The molecule has 30 heavy (non-hydrogen) atoms. The van der Waals surface area contributed by atoms with E-state index in [0.29, 0.717) is 22.7 Å². The Labute approximate surface area is 183 Å². The summed E-state index contributed by atoms with van der Waals surface area (Å²) in [5.74, 6) is -1.76. The van der Waals surface area contributed by atoms with Gasteiger partial charge in [-0.05, 0) is 25.8 Å². The molecule has 7 nitrogen and oxygen atoms in total. The van der Waals surface area contributed by atoms with Gasteiger partial charge in [0.15, 0.2) is 6.10 Å². The minimum atomic E-state index is -1.07. The molecule has 2 aromatic rings. The molecule has 0 bridgehead atoms. The predicted molar refractivity (Wildman–Crippen MR) is 114 cm³/mol. The number of halogens is 1. The van der Waals surface area contributed by atoms with Crippen LogP contribution >= 0.6 is 22.9 Å². The van der Waals surface area contributed by atoms with Crippen molar-refractivity contribution in [3.63, 3.8) is 0 Å². The van der Waals surface area contributed by atoms with Crippen LogP contribution in [0.4, 0.5) is 0 Å². The van der Waals surface area contributed by atoms with E-state index >= 15 is 0 Å². The molecule has 1 heterocycles. The summed E-state index contributed by atoms with van der Waals surface area (Å²) in [4.78, 5) is 37.2. The minimum absolute atomic E-state index is 0.310. The van der Waals surface area contributed by atoms with Crippen LogP contribution in [0.5, 0.6) is 0 Å². The summed E-state index contributed by atoms with van der Waals surface area (Å²) in [7, 11) is 0. The molecule has 1 aliphatic carbocycles. The number of amides is 2. The highest BCUT2D eigenvalue weighted by Gasteiger charge is 2.35. The Bertz CT molecular complexity index is 1010. The van der Waals surface area contributed by atoms with Gasteiger partial charge in [0, 0.05) is 10.1 Å². The largest absolute Gasteiger partial charge is 0.451 e. The quantitative estimate of drug-likeness (QED) is 0.658. The van der Waals surface area contributed by atoms with Gasteiger partial charge in [0.2, 0.25) is 0 Å². The standard InChI is InChI=1S/C21H22ClN3O4S/c1-13(19(27)25-21(12-23)9-5-2-6-10-21)29-16(26)11-24-20(28)18-17(22)14-7-3-4-8-15(14)30-18/h3-4,7-8,13H,2,5-6,9-11H2,1H3,(H,24,28)(H,25,27)/t13-/m0/s1. The fourth-order valence-corrected chi connectivity index (χ4v) is 4.88. The van der Waals surface area contributed by atoms with Crippen molar-refractivity contribution < 1.29 is 19.1 Å². The second-order valence-electron chi connectivity index (χ2n) is 7.30. The Morgan fingerprint density at radius 1 is 1.27 bits per heavy atom. The van der Waals surface area contributed by atoms with E-state index in [1.165, 1.54) is 18.3 Å². The number of nitriles is 1. The lowest BCUT2D eigenvalue weighted by molar-refractivity contribution is -0.154. The molecule has 9 heteroatoms. The van der Waals surface area contributed by atoms with E-state index in [1.807, 2.05) is 24.3 Å². The van der Waals surface area contributed by atoms with Crippen LogP contribution in [-0.4, -0.2) is 36.0 Å². The highest BCUT2D eigenvalue weighted by molar-refractivity contribution is 7.21. The van der Waals surface area contributed by atoms with E-state index < -0.39 is 36.0 Å². The van der Waals surface area contributed by atoms with Crippen molar-refractivity contribution in [1.29, 1.82) is 5.26 Å². The summed E-state index contributed by atoms with van der Waals surface area (Å²) in [6.45, 7) is 1.04. The average Bonchev–Trinajstić information content (AvgIpc) is 3.09. The number of hydrogen-bond acceptors (Lipinski definition) is 6. The summed E-state index contributed by atoms with van der Waals surface area (Å²) in [6.07, 6.45) is 2.87. The maximum absolute atomic E-state index is 12.4. The first-order valence-corrected chi connectivity index (χ1v) is 10.9. The number of benzene rings is 1. The lowest BCUT2D eigenvalue weighted by Gasteiger charge is -2.32. The third kappa shape index (κ3) is 4.91. The summed E-state index contributed by atoms with van der Waals surface area (Å²) in [5.41, 5.74) is -0.901. The Kier molecular flexibility index (Phi) is 6.95. The van der Waals surface area contributed by atoms with Crippen LogP contribution in [0.3, 0.4) is 0 Å². The van der Waals surface area contributed by atoms with Crippen LogP contribution in [0.1, 0.15) is 48.7 Å². The number of carbonyl (C=O) groups excluding carboxylic acids is 3. The number of hydrogen-bond donors (Lipinski definition) is 2. The molecule has 0 radical (unpaired) electrons. The van der Waals surface area contributed by atoms with E-state index in [0.717, 1.165) is 29.3 Å². The molecule has 1 atom stereocenters. The molecule has 1 saturated carbocycles. The molecule has 1 aromatic carbocycles. The minimum Gasteiger partial charge on any atom is -0.451 e. The lowest BCUT2D eigenvalue weighted by Crippen LogP contribution is -2.52. The molecule has 2 N–H and O–H groups in total. The molecule has 1 aliphatic rings. The van der Waals surface area contributed by atoms with Crippen LogP contribution in [-0.2, 0) is 14.3 Å². The van der Waals surface area contributed by atoms with Gasteiger partial charge >= 0.3 is 5.97 Å². The van der Waals surface area contributed by atoms with Crippen molar-refractivity contribution in [1.82, 2.24) is 10.6 Å². The second-order valence-corrected chi connectivity index (χ2v) is 8.73. The summed E-state index contributed by atoms with van der Waals surface area (Å²) >= 11 is 7.50. The fraction of sp³-hybridized carbons (Fsp3) is 0.429. The Morgan fingerprint density at radius 2 is 1.97 bits per heavy atom. The molecule has 2 amide bonds. The number of carbonyl (C=O) groups is 3. The highest BCUT2D eigenvalue weighted by atomic mass is 35.5. The maximum atomic E-state index is 12.4. The van der Waals surface area contributed by atoms with Gasteiger partial charge in [-0.2, -0.15) is 5.26 Å². The van der Waals surface area contributed by atoms with Crippen LogP contribution < -0.4 is 10.6 Å². The normalized spacial score (nSPS) is 16.3. The molecule has 1 fully saturated rings. The SMILES string of the molecule is C[C@H](OC(=O)CNC(=O)c1sc2ccccc2c1Cl)C(=O)NC1(C#N)CCCCC1. The first-order valence-electron chi connectivity index (χ1n) is 9.73. The van der Waals surface area contributed by atoms with Gasteiger partial charge in [-0.25, -0.2) is 0 Å². The van der Waals surface area contributed by atoms with E-state index in [2.05, 4.69) is 16.7 Å². The number of thiophene rings is 1. The van der Waals surface area contributed by atoms with Crippen LogP contribution in [0.15, 0.2) is 24.3 Å². The fourth-order valence-electron chi connectivity index (χ4n) is 3.44. The maximum Gasteiger partial charge on any atom is 0.326 e. The zero-order valence-electron chi connectivity index (χ0n) is 16.5. The van der Waals surface area contributed by atoms with Gasteiger partial charge in [-0.3, -0.25) is 14.4 Å². The first-order chi connectivity index (χ1) is 14.3. The van der Waals surface area contributed by atoms with Gasteiger partial charge < -0.3 is 15.4 Å². The molecule has 3 rings (SSSR count). The van der Waals surface area contributed by atoms with Gasteiger partial charge in [0.25, 0.3) is 11.8 Å². The van der Waals surface area contributed by atoms with Crippen molar-refractivity contribution in [2.24, 2.45) is 0 Å². The van der Waals surface area contributed by atoms with E-state index in [1.54, 1.807) is 0 Å². The topological polar surface area (TPSA) is 108 Å². The first kappa shape index (κ1) is 22.1. The molecule has 158 valence electrons. The Morgan fingerprint density at radius 3 is 2.63 bits per heavy atom. The summed E-state index contributed by atoms with van der Waals surface area (Å²) in [6, 6.07) is 9.55.